The fraction of sp³-hybridized carbons (Fsp3) is 0.132. The number of hydrogen-bond acceptors (Lipinski definition) is 3. The number of carbonyl (C=O) groups is 1. The van der Waals surface area contributed by atoms with Crippen LogP contribution in [0.3, 0.4) is 0 Å². The average molecular weight is 555 g/mol. The number of carboxylic acid groups (broad SMARTS) is 1. The molecular weight excluding hydrogens is 520 g/mol. The minimum Gasteiger partial charge on any atom is -0.489 e. The Hall–Kier alpha value is -5.09. The molecule has 5 aromatic rings. The molecule has 0 spiro atoms. The van der Waals surface area contributed by atoms with Gasteiger partial charge in [-0.3, -0.25) is 0 Å². The Morgan fingerprint density at radius 3 is 1.57 bits per heavy atom. The molecule has 0 saturated heterocycles. The van der Waals surface area contributed by atoms with E-state index in [9.17, 15) is 4.79 Å². The Balaban J connectivity index is 1.47. The first kappa shape index (κ1) is 28.4. The van der Waals surface area contributed by atoms with Crippen LogP contribution in [0.15, 0.2) is 133 Å². The van der Waals surface area contributed by atoms with E-state index in [0.29, 0.717) is 18.1 Å². The van der Waals surface area contributed by atoms with E-state index in [2.05, 4.69) is 104 Å². The van der Waals surface area contributed by atoms with Crippen LogP contribution in [0.2, 0.25) is 0 Å². The Morgan fingerprint density at radius 1 is 0.619 bits per heavy atom. The fourth-order valence-corrected chi connectivity index (χ4v) is 5.03. The molecule has 0 aliphatic carbocycles. The van der Waals surface area contributed by atoms with Gasteiger partial charge < -0.3 is 14.6 Å². The summed E-state index contributed by atoms with van der Waals surface area (Å²) >= 11 is 0. The van der Waals surface area contributed by atoms with Crippen LogP contribution in [0.1, 0.15) is 30.0 Å². The number of hydrogen-bond donors (Lipinski definition) is 1. The van der Waals surface area contributed by atoms with Gasteiger partial charge in [-0.2, -0.15) is 0 Å². The molecule has 0 amide bonds. The lowest BCUT2D eigenvalue weighted by atomic mass is 9.90. The van der Waals surface area contributed by atoms with Gasteiger partial charge in [0.05, 0.1) is 0 Å². The Kier molecular flexibility index (Phi) is 9.15. The highest BCUT2D eigenvalue weighted by atomic mass is 16.5. The van der Waals surface area contributed by atoms with Crippen molar-refractivity contribution in [2.75, 3.05) is 13.2 Å². The molecule has 42 heavy (non-hydrogen) atoms. The molecular formula is C38H34O4. The van der Waals surface area contributed by atoms with Crippen LogP contribution in [0.5, 0.6) is 11.5 Å². The highest BCUT2D eigenvalue weighted by Gasteiger charge is 2.14. The molecule has 0 bridgehead atoms. The number of carboxylic acids is 1. The van der Waals surface area contributed by atoms with Gasteiger partial charge in [0.25, 0.3) is 0 Å². The monoisotopic (exact) mass is 554 g/mol. The van der Waals surface area contributed by atoms with Gasteiger partial charge in [0.2, 0.25) is 0 Å². The van der Waals surface area contributed by atoms with E-state index >= 15 is 0 Å². The second kappa shape index (κ2) is 13.5. The predicted octanol–water partition coefficient (Wildman–Crippen LogP) is 9.08. The maximum Gasteiger partial charge on any atom is 0.341 e. The summed E-state index contributed by atoms with van der Waals surface area (Å²) in [4.78, 5) is 10.9. The van der Waals surface area contributed by atoms with E-state index in [1.807, 2.05) is 31.2 Å². The smallest absolute Gasteiger partial charge is 0.341 e. The Morgan fingerprint density at radius 2 is 1.12 bits per heavy atom. The van der Waals surface area contributed by atoms with Crippen molar-refractivity contribution < 1.29 is 19.4 Å². The summed E-state index contributed by atoms with van der Waals surface area (Å²) in [7, 11) is 0. The van der Waals surface area contributed by atoms with Crippen LogP contribution in [0.4, 0.5) is 0 Å². The lowest BCUT2D eigenvalue weighted by molar-refractivity contribution is -0.139. The number of aliphatic carboxylic acids is 1. The van der Waals surface area contributed by atoms with Gasteiger partial charge in [0.1, 0.15) is 18.1 Å². The van der Waals surface area contributed by atoms with Crippen LogP contribution < -0.4 is 9.47 Å². The largest absolute Gasteiger partial charge is 0.489 e. The van der Waals surface area contributed by atoms with Crippen molar-refractivity contribution in [3.05, 3.63) is 150 Å². The molecule has 4 nitrogen and oxygen atoms in total. The van der Waals surface area contributed by atoms with Crippen LogP contribution in [0, 0.1) is 6.92 Å². The van der Waals surface area contributed by atoms with Crippen molar-refractivity contribution in [3.63, 3.8) is 0 Å². The van der Waals surface area contributed by atoms with E-state index in [1.54, 1.807) is 6.07 Å². The highest BCUT2D eigenvalue weighted by Crippen LogP contribution is 2.33. The fourth-order valence-electron chi connectivity index (χ4n) is 5.03. The summed E-state index contributed by atoms with van der Waals surface area (Å²) < 4.78 is 11.7. The molecule has 5 aromatic carbocycles. The molecule has 0 heterocycles. The molecule has 0 radical (unpaired) electrons. The highest BCUT2D eigenvalue weighted by molar-refractivity contribution is 5.84. The first-order valence-electron chi connectivity index (χ1n) is 14.1. The molecule has 0 aromatic heterocycles. The van der Waals surface area contributed by atoms with Crippen molar-refractivity contribution in [1.29, 1.82) is 0 Å². The zero-order valence-electron chi connectivity index (χ0n) is 23.9. The van der Waals surface area contributed by atoms with Crippen molar-refractivity contribution in [2.24, 2.45) is 0 Å². The SMILES string of the molecule is CCC(COc1ccc(OCC(=O)O)c(C)c1)=C(c1ccc(-c2ccccc2)cc1)c1ccc(-c2ccccc2)cc1. The Bertz CT molecular complexity index is 1570. The van der Waals surface area contributed by atoms with Gasteiger partial charge in [0, 0.05) is 0 Å². The van der Waals surface area contributed by atoms with Gasteiger partial charge in [-0.1, -0.05) is 116 Å². The summed E-state index contributed by atoms with van der Waals surface area (Å²) in [6.07, 6.45) is 0.814. The Labute approximate surface area is 247 Å². The molecule has 4 heteroatoms. The summed E-state index contributed by atoms with van der Waals surface area (Å²) in [6, 6.07) is 43.7. The van der Waals surface area contributed by atoms with E-state index in [4.69, 9.17) is 14.6 Å². The second-order valence-corrected chi connectivity index (χ2v) is 10.1. The maximum atomic E-state index is 10.9. The van der Waals surface area contributed by atoms with Gasteiger partial charge in [0.15, 0.2) is 6.61 Å². The molecule has 1 N–H and O–H groups in total. The molecule has 5 rings (SSSR count). The van der Waals surface area contributed by atoms with Gasteiger partial charge in [-0.15, -0.1) is 0 Å². The third-order valence-corrected chi connectivity index (χ3v) is 7.25. The van der Waals surface area contributed by atoms with Crippen molar-refractivity contribution >= 4 is 11.5 Å². The van der Waals surface area contributed by atoms with E-state index in [1.165, 1.54) is 27.8 Å². The normalized spacial score (nSPS) is 10.6. The zero-order chi connectivity index (χ0) is 29.3. The second-order valence-electron chi connectivity index (χ2n) is 10.1. The standard InChI is InChI=1S/C38H34O4/c1-3-28(25-41-35-22-23-36(27(2)24-35)42-26-37(39)40)38(33-18-14-31(15-19-33)29-10-6-4-7-11-29)34-20-16-32(17-21-34)30-12-8-5-9-13-30/h4-24H,3,25-26H2,1-2H3,(H,39,40). The first-order chi connectivity index (χ1) is 20.5. The number of ether oxygens (including phenoxy) is 2. The molecule has 0 aliphatic rings. The average Bonchev–Trinajstić information content (AvgIpc) is 3.03. The van der Waals surface area contributed by atoms with Gasteiger partial charge >= 0.3 is 5.97 Å². The molecule has 0 saturated carbocycles. The number of rotatable bonds is 11. The van der Waals surface area contributed by atoms with Gasteiger partial charge in [-0.05, 0) is 81.6 Å². The quantitative estimate of drug-likeness (QED) is 0.177. The van der Waals surface area contributed by atoms with E-state index in [-0.39, 0.29) is 6.61 Å². The molecule has 210 valence electrons. The zero-order valence-corrected chi connectivity index (χ0v) is 23.9. The number of aryl methyl sites for hydroxylation is 1. The van der Waals surface area contributed by atoms with Gasteiger partial charge in [-0.25, -0.2) is 4.79 Å². The lowest BCUT2D eigenvalue weighted by Gasteiger charge is -2.18. The topological polar surface area (TPSA) is 55.8 Å². The van der Waals surface area contributed by atoms with Crippen LogP contribution >= 0.6 is 0 Å². The predicted molar refractivity (Wildman–Crippen MR) is 170 cm³/mol. The molecule has 0 aliphatic heterocycles. The summed E-state index contributed by atoms with van der Waals surface area (Å²) in [5.41, 5.74) is 10.2. The van der Waals surface area contributed by atoms with Crippen LogP contribution in [-0.4, -0.2) is 24.3 Å². The van der Waals surface area contributed by atoms with E-state index in [0.717, 1.165) is 28.7 Å². The third kappa shape index (κ3) is 6.97. The van der Waals surface area contributed by atoms with Crippen molar-refractivity contribution in [2.45, 2.75) is 20.3 Å². The lowest BCUT2D eigenvalue weighted by Crippen LogP contribution is -2.10. The maximum absolute atomic E-state index is 10.9. The summed E-state index contributed by atoms with van der Waals surface area (Å²) in [6.45, 7) is 4.08. The van der Waals surface area contributed by atoms with Crippen molar-refractivity contribution in [3.8, 4) is 33.8 Å². The van der Waals surface area contributed by atoms with Crippen molar-refractivity contribution in [1.82, 2.24) is 0 Å². The van der Waals surface area contributed by atoms with Crippen LogP contribution in [-0.2, 0) is 4.79 Å². The van der Waals surface area contributed by atoms with E-state index < -0.39 is 5.97 Å². The molecule has 0 fully saturated rings. The summed E-state index contributed by atoms with van der Waals surface area (Å²) in [5.74, 6) is 0.238. The van der Waals surface area contributed by atoms with Crippen LogP contribution in [0.25, 0.3) is 27.8 Å². The first-order valence-corrected chi connectivity index (χ1v) is 14.1. The number of benzene rings is 5. The molecule has 0 atom stereocenters. The molecule has 0 unspecified atom stereocenters. The summed E-state index contributed by atoms with van der Waals surface area (Å²) in [5, 5.41) is 8.92. The minimum absolute atomic E-state index is 0.376. The minimum atomic E-state index is -1.01. The third-order valence-electron chi connectivity index (χ3n) is 7.25.